The number of rotatable bonds is 5. The van der Waals surface area contributed by atoms with Crippen LogP contribution in [0.1, 0.15) is 38.2 Å². The molecule has 1 aliphatic rings. The number of benzene rings is 1. The first-order valence-corrected chi connectivity index (χ1v) is 6.55. The van der Waals surface area contributed by atoms with Gasteiger partial charge in [0.05, 0.1) is 4.92 Å². The Morgan fingerprint density at radius 1 is 1.44 bits per heavy atom. The molecule has 0 aromatic heterocycles. The zero-order chi connectivity index (χ0) is 13.2. The van der Waals surface area contributed by atoms with Gasteiger partial charge in [0.15, 0.2) is 0 Å². The molecule has 0 aliphatic heterocycles. The van der Waals surface area contributed by atoms with Gasteiger partial charge in [-0.25, -0.2) is 0 Å². The van der Waals surface area contributed by atoms with E-state index in [-0.39, 0.29) is 10.6 Å². The first-order valence-electron chi connectivity index (χ1n) is 6.55. The van der Waals surface area contributed by atoms with Crippen molar-refractivity contribution < 1.29 is 4.92 Å². The number of aryl methyl sites for hydroxylation is 1. The lowest BCUT2D eigenvalue weighted by Gasteiger charge is -2.41. The molecule has 18 heavy (non-hydrogen) atoms. The molecule has 0 atom stereocenters. The SMILES string of the molecule is CCC1(CNc2ccc([N+](=O)[O-])cc2C)CCC1. The van der Waals surface area contributed by atoms with Crippen LogP contribution < -0.4 is 5.32 Å². The summed E-state index contributed by atoms with van der Waals surface area (Å²) < 4.78 is 0. The summed E-state index contributed by atoms with van der Waals surface area (Å²) in [6.07, 6.45) is 5.12. The van der Waals surface area contributed by atoms with Crippen LogP contribution in [0.3, 0.4) is 0 Å². The number of nitrogens with zero attached hydrogens (tertiary/aromatic N) is 1. The van der Waals surface area contributed by atoms with E-state index in [1.807, 2.05) is 13.0 Å². The molecule has 0 unspecified atom stereocenters. The summed E-state index contributed by atoms with van der Waals surface area (Å²) in [5.41, 5.74) is 2.57. The molecule has 0 radical (unpaired) electrons. The minimum atomic E-state index is -0.351. The molecule has 0 heterocycles. The van der Waals surface area contributed by atoms with E-state index in [9.17, 15) is 10.1 Å². The zero-order valence-corrected chi connectivity index (χ0v) is 11.0. The molecule has 0 saturated heterocycles. The second kappa shape index (κ2) is 4.96. The molecule has 2 rings (SSSR count). The van der Waals surface area contributed by atoms with Crippen LogP contribution >= 0.6 is 0 Å². The molecule has 0 spiro atoms. The standard InChI is InChI=1S/C14H20N2O2/c1-3-14(7-4-8-14)10-15-13-6-5-12(16(17)18)9-11(13)2/h5-6,9,15H,3-4,7-8,10H2,1-2H3. The summed E-state index contributed by atoms with van der Waals surface area (Å²) >= 11 is 0. The number of anilines is 1. The monoisotopic (exact) mass is 248 g/mol. The maximum Gasteiger partial charge on any atom is 0.269 e. The van der Waals surface area contributed by atoms with Crippen LogP contribution in [0.2, 0.25) is 0 Å². The molecule has 0 amide bonds. The lowest BCUT2D eigenvalue weighted by atomic mass is 9.67. The van der Waals surface area contributed by atoms with Crippen LogP contribution in [0.4, 0.5) is 11.4 Å². The third-order valence-corrected chi connectivity index (χ3v) is 4.24. The van der Waals surface area contributed by atoms with Crippen LogP contribution in [0.5, 0.6) is 0 Å². The number of nitro groups is 1. The second-order valence-corrected chi connectivity index (χ2v) is 5.32. The van der Waals surface area contributed by atoms with Gasteiger partial charge in [-0.15, -0.1) is 0 Å². The number of hydrogen-bond donors (Lipinski definition) is 1. The molecule has 4 nitrogen and oxygen atoms in total. The van der Waals surface area contributed by atoms with E-state index in [4.69, 9.17) is 0 Å². The van der Waals surface area contributed by atoms with Crippen molar-refractivity contribution >= 4 is 11.4 Å². The van der Waals surface area contributed by atoms with Crippen molar-refractivity contribution in [1.29, 1.82) is 0 Å². The summed E-state index contributed by atoms with van der Waals surface area (Å²) in [7, 11) is 0. The van der Waals surface area contributed by atoms with Crippen molar-refractivity contribution in [2.75, 3.05) is 11.9 Å². The largest absolute Gasteiger partial charge is 0.384 e. The Morgan fingerprint density at radius 3 is 2.61 bits per heavy atom. The molecule has 1 fully saturated rings. The highest BCUT2D eigenvalue weighted by Gasteiger charge is 2.34. The van der Waals surface area contributed by atoms with Gasteiger partial charge in [0.2, 0.25) is 0 Å². The maximum absolute atomic E-state index is 10.7. The fourth-order valence-electron chi connectivity index (χ4n) is 2.57. The Kier molecular flexibility index (Phi) is 3.55. The minimum absolute atomic E-state index is 0.159. The number of non-ortho nitro benzene ring substituents is 1. The van der Waals surface area contributed by atoms with Crippen LogP contribution in [0.15, 0.2) is 18.2 Å². The van der Waals surface area contributed by atoms with Gasteiger partial charge >= 0.3 is 0 Å². The predicted octanol–water partition coefficient (Wildman–Crippen LogP) is 3.90. The van der Waals surface area contributed by atoms with Crippen molar-refractivity contribution in [2.24, 2.45) is 5.41 Å². The van der Waals surface area contributed by atoms with E-state index < -0.39 is 0 Å². The van der Waals surface area contributed by atoms with Crippen LogP contribution in [-0.2, 0) is 0 Å². The Balaban J connectivity index is 2.03. The van der Waals surface area contributed by atoms with Gasteiger partial charge in [-0.3, -0.25) is 10.1 Å². The van der Waals surface area contributed by atoms with Crippen LogP contribution in [0.25, 0.3) is 0 Å². The molecule has 1 aromatic carbocycles. The van der Waals surface area contributed by atoms with Gasteiger partial charge < -0.3 is 5.32 Å². The molecule has 1 aromatic rings. The number of hydrogen-bond acceptors (Lipinski definition) is 3. The van der Waals surface area contributed by atoms with E-state index in [2.05, 4.69) is 12.2 Å². The maximum atomic E-state index is 10.7. The lowest BCUT2D eigenvalue weighted by Crippen LogP contribution is -2.35. The third-order valence-electron chi connectivity index (χ3n) is 4.24. The molecule has 1 N–H and O–H groups in total. The van der Waals surface area contributed by atoms with Crippen LogP contribution in [-0.4, -0.2) is 11.5 Å². The smallest absolute Gasteiger partial charge is 0.269 e. The summed E-state index contributed by atoms with van der Waals surface area (Å²) in [4.78, 5) is 10.3. The number of nitrogens with one attached hydrogen (secondary N) is 1. The fourth-order valence-corrected chi connectivity index (χ4v) is 2.57. The Labute approximate surface area is 108 Å². The molecule has 1 saturated carbocycles. The van der Waals surface area contributed by atoms with E-state index in [0.29, 0.717) is 5.41 Å². The van der Waals surface area contributed by atoms with Gasteiger partial charge in [-0.05, 0) is 43.2 Å². The van der Waals surface area contributed by atoms with Gasteiger partial charge in [0.25, 0.3) is 5.69 Å². The van der Waals surface area contributed by atoms with E-state index in [0.717, 1.165) is 17.8 Å². The normalized spacial score (nSPS) is 17.0. The highest BCUT2D eigenvalue weighted by molar-refractivity contribution is 5.55. The quantitative estimate of drug-likeness (QED) is 0.635. The molecule has 4 heteroatoms. The van der Waals surface area contributed by atoms with E-state index in [1.165, 1.54) is 25.7 Å². The topological polar surface area (TPSA) is 55.2 Å². The summed E-state index contributed by atoms with van der Waals surface area (Å²) in [6, 6.07) is 5.01. The summed E-state index contributed by atoms with van der Waals surface area (Å²) in [6.45, 7) is 5.13. The molecular formula is C14H20N2O2. The Morgan fingerprint density at radius 2 is 2.17 bits per heavy atom. The van der Waals surface area contributed by atoms with Crippen molar-refractivity contribution in [2.45, 2.75) is 39.5 Å². The molecule has 1 aliphatic carbocycles. The van der Waals surface area contributed by atoms with Gasteiger partial charge in [-0.1, -0.05) is 13.3 Å². The van der Waals surface area contributed by atoms with E-state index >= 15 is 0 Å². The summed E-state index contributed by atoms with van der Waals surface area (Å²) in [5, 5.41) is 14.1. The Bertz CT molecular complexity index is 448. The summed E-state index contributed by atoms with van der Waals surface area (Å²) in [5.74, 6) is 0. The second-order valence-electron chi connectivity index (χ2n) is 5.32. The highest BCUT2D eigenvalue weighted by Crippen LogP contribution is 2.43. The first-order chi connectivity index (χ1) is 8.56. The Hall–Kier alpha value is -1.58. The van der Waals surface area contributed by atoms with Crippen molar-refractivity contribution in [3.63, 3.8) is 0 Å². The van der Waals surface area contributed by atoms with Gasteiger partial charge in [0, 0.05) is 24.4 Å². The lowest BCUT2D eigenvalue weighted by molar-refractivity contribution is -0.384. The molecule has 98 valence electrons. The van der Waals surface area contributed by atoms with Gasteiger partial charge in [0.1, 0.15) is 0 Å². The first kappa shape index (κ1) is 12.9. The van der Waals surface area contributed by atoms with Gasteiger partial charge in [-0.2, -0.15) is 0 Å². The third kappa shape index (κ3) is 2.47. The van der Waals surface area contributed by atoms with Crippen molar-refractivity contribution in [3.8, 4) is 0 Å². The highest BCUT2D eigenvalue weighted by atomic mass is 16.6. The minimum Gasteiger partial charge on any atom is -0.384 e. The predicted molar refractivity (Wildman–Crippen MR) is 72.9 cm³/mol. The molecule has 0 bridgehead atoms. The van der Waals surface area contributed by atoms with Crippen molar-refractivity contribution in [3.05, 3.63) is 33.9 Å². The average Bonchev–Trinajstić information content (AvgIpc) is 2.29. The molecular weight excluding hydrogens is 228 g/mol. The fraction of sp³-hybridized carbons (Fsp3) is 0.571. The average molecular weight is 248 g/mol. The number of nitro benzene ring substituents is 1. The van der Waals surface area contributed by atoms with Crippen molar-refractivity contribution in [1.82, 2.24) is 0 Å². The van der Waals surface area contributed by atoms with Crippen LogP contribution in [0, 0.1) is 22.5 Å². The van der Waals surface area contributed by atoms with E-state index in [1.54, 1.807) is 12.1 Å². The zero-order valence-electron chi connectivity index (χ0n) is 11.0.